The molecule has 0 aliphatic heterocycles. The second kappa shape index (κ2) is 4.97. The van der Waals surface area contributed by atoms with Crippen LogP contribution in [-0.4, -0.2) is 31.1 Å². The molecule has 2 nitrogen and oxygen atoms in total. The molecule has 0 atom stereocenters. The first-order chi connectivity index (χ1) is 6.26. The highest BCUT2D eigenvalue weighted by Gasteiger charge is 2.41. The van der Waals surface area contributed by atoms with E-state index in [-0.39, 0.29) is 0 Å². The van der Waals surface area contributed by atoms with Crippen molar-refractivity contribution in [3.8, 4) is 0 Å². The fourth-order valence-corrected chi connectivity index (χ4v) is 1.98. The third-order valence-corrected chi connectivity index (χ3v) is 3.03. The summed E-state index contributed by atoms with van der Waals surface area (Å²) in [4.78, 5) is 2.58. The Balaban J connectivity index is 2.28. The third-order valence-electron chi connectivity index (χ3n) is 3.03. The summed E-state index contributed by atoms with van der Waals surface area (Å²) in [5.74, 6) is 0. The summed E-state index contributed by atoms with van der Waals surface area (Å²) < 4.78 is 0. The minimum absolute atomic E-state index is 0.518. The lowest BCUT2D eigenvalue weighted by molar-refractivity contribution is 0.222. The molecule has 13 heavy (non-hydrogen) atoms. The highest BCUT2D eigenvalue weighted by molar-refractivity contribution is 4.96. The molecule has 0 radical (unpaired) electrons. The average Bonchev–Trinajstić information content (AvgIpc) is 2.87. The Kier molecular flexibility index (Phi) is 4.20. The number of hydrogen-bond donors (Lipinski definition) is 1. The molecule has 0 unspecified atom stereocenters. The summed E-state index contributed by atoms with van der Waals surface area (Å²) in [7, 11) is 0. The van der Waals surface area contributed by atoms with Crippen LogP contribution in [0.15, 0.2) is 0 Å². The van der Waals surface area contributed by atoms with Crippen molar-refractivity contribution in [3.63, 3.8) is 0 Å². The molecular weight excluding hydrogens is 160 g/mol. The highest BCUT2D eigenvalue weighted by Crippen LogP contribution is 2.45. The second-order valence-electron chi connectivity index (χ2n) is 4.48. The molecule has 1 saturated carbocycles. The van der Waals surface area contributed by atoms with Gasteiger partial charge in [0.2, 0.25) is 0 Å². The summed E-state index contributed by atoms with van der Waals surface area (Å²) in [5, 5.41) is 0. The fourth-order valence-electron chi connectivity index (χ4n) is 1.98. The van der Waals surface area contributed by atoms with Crippen LogP contribution >= 0.6 is 0 Å². The molecule has 1 rings (SSSR count). The Bertz CT molecular complexity index is 135. The molecule has 0 aromatic heterocycles. The van der Waals surface area contributed by atoms with Gasteiger partial charge in [0.1, 0.15) is 0 Å². The van der Waals surface area contributed by atoms with Gasteiger partial charge in [0.15, 0.2) is 0 Å². The Labute approximate surface area is 82.5 Å². The van der Waals surface area contributed by atoms with Crippen LogP contribution in [-0.2, 0) is 0 Å². The maximum atomic E-state index is 5.78. The molecule has 0 amide bonds. The van der Waals surface area contributed by atoms with Crippen molar-refractivity contribution in [3.05, 3.63) is 0 Å². The second-order valence-corrected chi connectivity index (χ2v) is 4.48. The minimum atomic E-state index is 0.518. The molecule has 78 valence electrons. The van der Waals surface area contributed by atoms with E-state index in [1.54, 1.807) is 0 Å². The minimum Gasteiger partial charge on any atom is -0.330 e. The van der Waals surface area contributed by atoms with E-state index < -0.39 is 0 Å². The van der Waals surface area contributed by atoms with Gasteiger partial charge in [-0.15, -0.1) is 0 Å². The zero-order chi connectivity index (χ0) is 9.73. The molecular formula is C11H24N2. The van der Waals surface area contributed by atoms with Crippen LogP contribution in [0.5, 0.6) is 0 Å². The number of nitrogens with zero attached hydrogens (tertiary/aromatic N) is 1. The van der Waals surface area contributed by atoms with Gasteiger partial charge in [-0.05, 0) is 50.7 Å². The monoisotopic (exact) mass is 184 g/mol. The van der Waals surface area contributed by atoms with Crippen LogP contribution in [0.4, 0.5) is 0 Å². The van der Waals surface area contributed by atoms with E-state index in [0.717, 1.165) is 6.54 Å². The van der Waals surface area contributed by atoms with E-state index in [1.165, 1.54) is 45.3 Å². The van der Waals surface area contributed by atoms with Gasteiger partial charge in [0, 0.05) is 6.54 Å². The van der Waals surface area contributed by atoms with Gasteiger partial charge >= 0.3 is 0 Å². The van der Waals surface area contributed by atoms with Crippen molar-refractivity contribution in [1.82, 2.24) is 4.90 Å². The van der Waals surface area contributed by atoms with Crippen LogP contribution in [0.3, 0.4) is 0 Å². The lowest BCUT2D eigenvalue weighted by Gasteiger charge is -2.25. The molecule has 0 aromatic carbocycles. The smallest absolute Gasteiger partial charge is 0.00501 e. The van der Waals surface area contributed by atoms with Crippen LogP contribution < -0.4 is 5.73 Å². The van der Waals surface area contributed by atoms with Gasteiger partial charge < -0.3 is 10.6 Å². The topological polar surface area (TPSA) is 29.3 Å². The SMILES string of the molecule is CCCN(CCC)CC1(CN)CC1. The molecule has 1 aliphatic rings. The van der Waals surface area contributed by atoms with E-state index in [9.17, 15) is 0 Å². The van der Waals surface area contributed by atoms with Crippen molar-refractivity contribution in [2.75, 3.05) is 26.2 Å². The third kappa shape index (κ3) is 3.28. The molecule has 0 saturated heterocycles. The summed E-state index contributed by atoms with van der Waals surface area (Å²) in [6, 6.07) is 0. The zero-order valence-corrected chi connectivity index (χ0v) is 9.18. The zero-order valence-electron chi connectivity index (χ0n) is 9.18. The van der Waals surface area contributed by atoms with Crippen molar-refractivity contribution < 1.29 is 0 Å². The van der Waals surface area contributed by atoms with Crippen LogP contribution in [0.1, 0.15) is 39.5 Å². The summed E-state index contributed by atoms with van der Waals surface area (Å²) in [6.07, 6.45) is 5.24. The molecule has 1 aliphatic carbocycles. The molecule has 0 heterocycles. The quantitative estimate of drug-likeness (QED) is 0.654. The molecule has 0 spiro atoms. The van der Waals surface area contributed by atoms with Crippen molar-refractivity contribution in [1.29, 1.82) is 0 Å². The number of hydrogen-bond acceptors (Lipinski definition) is 2. The standard InChI is InChI=1S/C11H24N2/c1-3-7-13(8-4-2)10-11(9-12)5-6-11/h3-10,12H2,1-2H3. The Hall–Kier alpha value is -0.0800. The number of nitrogens with two attached hydrogens (primary N) is 1. The largest absolute Gasteiger partial charge is 0.330 e. The molecule has 0 aromatic rings. The van der Waals surface area contributed by atoms with Gasteiger partial charge in [0.25, 0.3) is 0 Å². The fraction of sp³-hybridized carbons (Fsp3) is 1.00. The van der Waals surface area contributed by atoms with Crippen LogP contribution in [0.25, 0.3) is 0 Å². The van der Waals surface area contributed by atoms with E-state index >= 15 is 0 Å². The molecule has 2 N–H and O–H groups in total. The van der Waals surface area contributed by atoms with Gasteiger partial charge in [-0.25, -0.2) is 0 Å². The summed E-state index contributed by atoms with van der Waals surface area (Å²) in [6.45, 7) is 9.13. The first kappa shape index (κ1) is 11.0. The van der Waals surface area contributed by atoms with Crippen LogP contribution in [0, 0.1) is 5.41 Å². The van der Waals surface area contributed by atoms with E-state index in [2.05, 4.69) is 18.7 Å². The normalized spacial score (nSPS) is 19.4. The Morgan fingerprint density at radius 2 is 1.69 bits per heavy atom. The van der Waals surface area contributed by atoms with Gasteiger partial charge in [-0.2, -0.15) is 0 Å². The highest BCUT2D eigenvalue weighted by atomic mass is 15.1. The predicted octanol–water partition coefficient (Wildman–Crippen LogP) is 1.85. The average molecular weight is 184 g/mol. The predicted molar refractivity (Wildman–Crippen MR) is 57.7 cm³/mol. The van der Waals surface area contributed by atoms with Gasteiger partial charge in [0.05, 0.1) is 0 Å². The summed E-state index contributed by atoms with van der Waals surface area (Å²) in [5.41, 5.74) is 6.30. The maximum Gasteiger partial charge on any atom is 0.00501 e. The van der Waals surface area contributed by atoms with Gasteiger partial charge in [-0.1, -0.05) is 13.8 Å². The van der Waals surface area contributed by atoms with Crippen molar-refractivity contribution in [2.24, 2.45) is 11.1 Å². The van der Waals surface area contributed by atoms with E-state index in [1.807, 2.05) is 0 Å². The summed E-state index contributed by atoms with van der Waals surface area (Å²) >= 11 is 0. The Morgan fingerprint density at radius 3 is 2.00 bits per heavy atom. The van der Waals surface area contributed by atoms with Gasteiger partial charge in [-0.3, -0.25) is 0 Å². The maximum absolute atomic E-state index is 5.78. The first-order valence-corrected chi connectivity index (χ1v) is 5.69. The molecule has 2 heteroatoms. The van der Waals surface area contributed by atoms with Crippen LogP contribution in [0.2, 0.25) is 0 Å². The van der Waals surface area contributed by atoms with E-state index in [4.69, 9.17) is 5.73 Å². The molecule has 1 fully saturated rings. The van der Waals surface area contributed by atoms with Crippen molar-refractivity contribution >= 4 is 0 Å². The number of rotatable bonds is 7. The Morgan fingerprint density at radius 1 is 1.15 bits per heavy atom. The van der Waals surface area contributed by atoms with Crippen molar-refractivity contribution in [2.45, 2.75) is 39.5 Å². The lowest BCUT2D eigenvalue weighted by Crippen LogP contribution is -2.35. The molecule has 0 bridgehead atoms. The first-order valence-electron chi connectivity index (χ1n) is 5.69. The van der Waals surface area contributed by atoms with E-state index in [0.29, 0.717) is 5.41 Å². The lowest BCUT2D eigenvalue weighted by atomic mass is 10.1.